The standard InChI is InChI=1S/C19H30O3/c1-7-9-18(3,4)14-11-13(17(21)22)12-15(16(14)20)19(5,6)10-8-2/h11-12,20H,7-10H2,1-6H3,(H,21,22). The van der Waals surface area contributed by atoms with E-state index in [1.165, 1.54) is 0 Å². The number of hydrogen-bond donors (Lipinski definition) is 2. The van der Waals surface area contributed by atoms with E-state index >= 15 is 0 Å². The fraction of sp³-hybridized carbons (Fsp3) is 0.632. The van der Waals surface area contributed by atoms with Crippen LogP contribution in [0, 0.1) is 0 Å². The first-order chi connectivity index (χ1) is 10.1. The summed E-state index contributed by atoms with van der Waals surface area (Å²) in [6.45, 7) is 12.5. The molecule has 0 amide bonds. The van der Waals surface area contributed by atoms with Crippen LogP contribution in [-0.4, -0.2) is 16.2 Å². The maximum atomic E-state index is 11.5. The molecule has 0 saturated carbocycles. The molecule has 0 spiro atoms. The minimum atomic E-state index is -0.943. The Labute approximate surface area is 134 Å². The lowest BCUT2D eigenvalue weighted by molar-refractivity contribution is 0.0696. The van der Waals surface area contributed by atoms with Gasteiger partial charge in [0.2, 0.25) is 0 Å². The Hall–Kier alpha value is -1.51. The van der Waals surface area contributed by atoms with Crippen LogP contribution in [0.25, 0.3) is 0 Å². The summed E-state index contributed by atoms with van der Waals surface area (Å²) in [6.07, 6.45) is 3.77. The molecule has 22 heavy (non-hydrogen) atoms. The van der Waals surface area contributed by atoms with Crippen LogP contribution in [0.3, 0.4) is 0 Å². The zero-order valence-electron chi connectivity index (χ0n) is 14.8. The lowest BCUT2D eigenvalue weighted by Gasteiger charge is -2.32. The lowest BCUT2D eigenvalue weighted by Crippen LogP contribution is -2.23. The van der Waals surface area contributed by atoms with Crippen LogP contribution in [0.2, 0.25) is 0 Å². The van der Waals surface area contributed by atoms with Crippen molar-refractivity contribution in [3.8, 4) is 5.75 Å². The van der Waals surface area contributed by atoms with Gasteiger partial charge in [-0.1, -0.05) is 54.4 Å². The summed E-state index contributed by atoms with van der Waals surface area (Å²) >= 11 is 0. The smallest absolute Gasteiger partial charge is 0.335 e. The molecule has 0 radical (unpaired) electrons. The normalized spacial score (nSPS) is 12.5. The van der Waals surface area contributed by atoms with Gasteiger partial charge in [-0.3, -0.25) is 0 Å². The zero-order chi connectivity index (χ0) is 17.1. The Bertz CT molecular complexity index is 503. The molecule has 0 aliphatic heterocycles. The van der Waals surface area contributed by atoms with Gasteiger partial charge in [-0.05, 0) is 35.8 Å². The van der Waals surface area contributed by atoms with Crippen LogP contribution in [0.5, 0.6) is 5.75 Å². The summed E-state index contributed by atoms with van der Waals surface area (Å²) in [5, 5.41) is 20.3. The highest BCUT2D eigenvalue weighted by Crippen LogP contribution is 2.43. The molecule has 0 aliphatic carbocycles. The first kappa shape index (κ1) is 18.5. The minimum absolute atomic E-state index is 0.249. The zero-order valence-corrected chi connectivity index (χ0v) is 14.8. The summed E-state index contributed by atoms with van der Waals surface area (Å²) in [5.41, 5.74) is 1.25. The molecule has 2 N–H and O–H groups in total. The summed E-state index contributed by atoms with van der Waals surface area (Å²) in [4.78, 5) is 11.5. The van der Waals surface area contributed by atoms with Gasteiger partial charge in [0.1, 0.15) is 5.75 Å². The number of rotatable bonds is 7. The first-order valence-corrected chi connectivity index (χ1v) is 8.18. The maximum absolute atomic E-state index is 11.5. The molecular weight excluding hydrogens is 276 g/mol. The Morgan fingerprint density at radius 3 is 1.59 bits per heavy atom. The second-order valence-electron chi connectivity index (χ2n) is 7.49. The third kappa shape index (κ3) is 3.82. The molecule has 1 aromatic rings. The topological polar surface area (TPSA) is 57.5 Å². The first-order valence-electron chi connectivity index (χ1n) is 8.18. The summed E-state index contributed by atoms with van der Waals surface area (Å²) in [5.74, 6) is -0.677. The Balaban J connectivity index is 3.59. The van der Waals surface area contributed by atoms with Crippen molar-refractivity contribution >= 4 is 5.97 Å². The van der Waals surface area contributed by atoms with Crippen molar-refractivity contribution in [3.05, 3.63) is 28.8 Å². The van der Waals surface area contributed by atoms with Gasteiger partial charge in [0.25, 0.3) is 0 Å². The molecule has 0 aromatic heterocycles. The number of aromatic hydroxyl groups is 1. The third-order valence-corrected chi connectivity index (χ3v) is 4.57. The van der Waals surface area contributed by atoms with E-state index in [0.717, 1.165) is 36.8 Å². The van der Waals surface area contributed by atoms with Crippen molar-refractivity contribution in [2.24, 2.45) is 0 Å². The quantitative estimate of drug-likeness (QED) is 0.723. The Morgan fingerprint density at radius 1 is 0.955 bits per heavy atom. The summed E-state index contributed by atoms with van der Waals surface area (Å²) in [6, 6.07) is 3.28. The Kier molecular flexibility index (Phi) is 5.66. The van der Waals surface area contributed by atoms with Gasteiger partial charge in [-0.15, -0.1) is 0 Å². The van der Waals surface area contributed by atoms with Crippen LogP contribution >= 0.6 is 0 Å². The van der Waals surface area contributed by atoms with Crippen LogP contribution in [0.1, 0.15) is 88.7 Å². The number of hydrogen-bond acceptors (Lipinski definition) is 2. The molecule has 0 heterocycles. The van der Waals surface area contributed by atoms with E-state index in [2.05, 4.69) is 41.5 Å². The van der Waals surface area contributed by atoms with Gasteiger partial charge < -0.3 is 10.2 Å². The van der Waals surface area contributed by atoms with E-state index in [4.69, 9.17) is 0 Å². The van der Waals surface area contributed by atoms with Crippen molar-refractivity contribution in [2.45, 2.75) is 78.1 Å². The second kappa shape index (κ2) is 6.72. The molecule has 0 saturated heterocycles. The number of phenols is 1. The third-order valence-electron chi connectivity index (χ3n) is 4.57. The van der Waals surface area contributed by atoms with Crippen LogP contribution in [-0.2, 0) is 10.8 Å². The summed E-state index contributed by atoms with van der Waals surface area (Å²) < 4.78 is 0. The maximum Gasteiger partial charge on any atom is 0.335 e. The van der Waals surface area contributed by atoms with Crippen molar-refractivity contribution in [3.63, 3.8) is 0 Å². The minimum Gasteiger partial charge on any atom is -0.507 e. The fourth-order valence-electron chi connectivity index (χ4n) is 3.31. The second-order valence-corrected chi connectivity index (χ2v) is 7.49. The molecule has 0 atom stereocenters. The van der Waals surface area contributed by atoms with Gasteiger partial charge >= 0.3 is 5.97 Å². The van der Waals surface area contributed by atoms with Crippen molar-refractivity contribution in [2.75, 3.05) is 0 Å². The van der Waals surface area contributed by atoms with E-state index in [-0.39, 0.29) is 22.1 Å². The number of carboxylic acids is 1. The predicted octanol–water partition coefficient (Wildman–Crippen LogP) is 5.25. The highest BCUT2D eigenvalue weighted by atomic mass is 16.4. The molecule has 124 valence electrons. The fourth-order valence-corrected chi connectivity index (χ4v) is 3.31. The van der Waals surface area contributed by atoms with Gasteiger partial charge in [-0.25, -0.2) is 4.79 Å². The van der Waals surface area contributed by atoms with Gasteiger partial charge in [0.05, 0.1) is 5.56 Å². The SMILES string of the molecule is CCCC(C)(C)c1cc(C(=O)O)cc(C(C)(C)CCC)c1O. The molecule has 3 nitrogen and oxygen atoms in total. The van der Waals surface area contributed by atoms with E-state index < -0.39 is 5.97 Å². The van der Waals surface area contributed by atoms with E-state index in [0.29, 0.717) is 0 Å². The molecule has 0 aliphatic rings. The van der Waals surface area contributed by atoms with Gasteiger partial charge in [0, 0.05) is 11.1 Å². The number of aromatic carboxylic acids is 1. The predicted molar refractivity (Wildman–Crippen MR) is 90.9 cm³/mol. The molecule has 0 fully saturated rings. The van der Waals surface area contributed by atoms with Crippen LogP contribution in [0.4, 0.5) is 0 Å². The summed E-state index contributed by atoms with van der Waals surface area (Å²) in [7, 11) is 0. The van der Waals surface area contributed by atoms with E-state index in [1.54, 1.807) is 12.1 Å². The van der Waals surface area contributed by atoms with Crippen molar-refractivity contribution in [1.82, 2.24) is 0 Å². The van der Waals surface area contributed by atoms with Crippen molar-refractivity contribution < 1.29 is 15.0 Å². The molecule has 1 rings (SSSR count). The highest BCUT2D eigenvalue weighted by molar-refractivity contribution is 5.88. The number of carboxylic acid groups (broad SMARTS) is 1. The highest BCUT2D eigenvalue weighted by Gasteiger charge is 2.31. The number of benzene rings is 1. The largest absolute Gasteiger partial charge is 0.507 e. The lowest BCUT2D eigenvalue weighted by atomic mass is 9.73. The monoisotopic (exact) mass is 306 g/mol. The molecular formula is C19H30O3. The average Bonchev–Trinajstić information content (AvgIpc) is 2.37. The Morgan fingerprint density at radius 2 is 1.32 bits per heavy atom. The van der Waals surface area contributed by atoms with Crippen molar-refractivity contribution in [1.29, 1.82) is 0 Å². The molecule has 1 aromatic carbocycles. The molecule has 0 unspecified atom stereocenters. The molecule has 0 bridgehead atoms. The number of phenolic OH excluding ortho intramolecular Hbond substituents is 1. The van der Waals surface area contributed by atoms with Gasteiger partial charge in [-0.2, -0.15) is 0 Å². The average molecular weight is 306 g/mol. The molecule has 3 heteroatoms. The van der Waals surface area contributed by atoms with E-state index in [9.17, 15) is 15.0 Å². The van der Waals surface area contributed by atoms with Crippen LogP contribution in [0.15, 0.2) is 12.1 Å². The number of carbonyl (C=O) groups is 1. The van der Waals surface area contributed by atoms with E-state index in [1.807, 2.05) is 0 Å². The van der Waals surface area contributed by atoms with Crippen LogP contribution < -0.4 is 0 Å². The van der Waals surface area contributed by atoms with Gasteiger partial charge in [0.15, 0.2) is 0 Å².